The third-order valence-corrected chi connectivity index (χ3v) is 4.53. The number of hydrogen-bond acceptors (Lipinski definition) is 3. The highest BCUT2D eigenvalue weighted by molar-refractivity contribution is 7.89. The van der Waals surface area contributed by atoms with E-state index in [1.165, 1.54) is 12.1 Å². The van der Waals surface area contributed by atoms with Crippen molar-refractivity contribution in [1.82, 2.24) is 4.72 Å². The van der Waals surface area contributed by atoms with Crippen LogP contribution >= 0.6 is 0 Å². The number of sulfonamides is 1. The highest BCUT2D eigenvalue weighted by Crippen LogP contribution is 2.18. The van der Waals surface area contributed by atoms with Crippen LogP contribution in [0.1, 0.15) is 39.2 Å². The Morgan fingerprint density at radius 1 is 1.10 bits per heavy atom. The fraction of sp³-hybridized carbons (Fsp3) is 0.500. The molecule has 1 aromatic rings. The van der Waals surface area contributed by atoms with Crippen LogP contribution in [-0.2, 0) is 14.8 Å². The van der Waals surface area contributed by atoms with Gasteiger partial charge in [-0.2, -0.15) is 4.72 Å². The molecule has 2 N–H and O–H groups in total. The highest BCUT2D eigenvalue weighted by Gasteiger charge is 2.27. The molecule has 0 saturated carbocycles. The summed E-state index contributed by atoms with van der Waals surface area (Å²) in [5, 5.41) is 9.04. The van der Waals surface area contributed by atoms with Crippen molar-refractivity contribution in [2.24, 2.45) is 5.92 Å². The van der Waals surface area contributed by atoms with Gasteiger partial charge in [0.05, 0.1) is 4.90 Å². The van der Waals surface area contributed by atoms with Crippen molar-refractivity contribution in [2.45, 2.75) is 44.6 Å². The Hall–Kier alpha value is -1.40. The molecular weight excluding hydrogens is 278 g/mol. The van der Waals surface area contributed by atoms with Gasteiger partial charge in [-0.15, -0.1) is 0 Å². The largest absolute Gasteiger partial charge is 0.480 e. The van der Waals surface area contributed by atoms with Crippen LogP contribution in [0, 0.1) is 5.92 Å². The van der Waals surface area contributed by atoms with Crippen LogP contribution in [0.2, 0.25) is 0 Å². The molecular formula is C14H21NO4S. The molecule has 0 aliphatic rings. The van der Waals surface area contributed by atoms with E-state index in [2.05, 4.69) is 4.72 Å². The lowest BCUT2D eigenvalue weighted by atomic mass is 10.0. The second-order valence-corrected chi connectivity index (χ2v) is 7.12. The molecule has 1 unspecified atom stereocenters. The number of carboxylic acids is 1. The van der Waals surface area contributed by atoms with E-state index >= 15 is 0 Å². The molecule has 5 nitrogen and oxygen atoms in total. The molecule has 0 fully saturated rings. The maximum Gasteiger partial charge on any atom is 0.322 e. The maximum atomic E-state index is 12.2. The van der Waals surface area contributed by atoms with E-state index in [-0.39, 0.29) is 10.8 Å². The molecule has 6 heteroatoms. The number of rotatable bonds is 6. The average Bonchev–Trinajstić information content (AvgIpc) is 2.35. The van der Waals surface area contributed by atoms with Crippen LogP contribution in [0.15, 0.2) is 29.2 Å². The van der Waals surface area contributed by atoms with E-state index in [0.29, 0.717) is 5.92 Å². The maximum absolute atomic E-state index is 12.2. The Morgan fingerprint density at radius 2 is 1.60 bits per heavy atom. The van der Waals surface area contributed by atoms with E-state index < -0.39 is 22.0 Å². The molecule has 112 valence electrons. The Kier molecular flexibility index (Phi) is 5.30. The van der Waals surface area contributed by atoms with Gasteiger partial charge < -0.3 is 5.11 Å². The van der Waals surface area contributed by atoms with Gasteiger partial charge in [0.2, 0.25) is 10.0 Å². The minimum atomic E-state index is -3.82. The topological polar surface area (TPSA) is 83.5 Å². The number of carboxylic acid groups (broad SMARTS) is 1. The fourth-order valence-electron chi connectivity index (χ4n) is 1.74. The number of hydrogen-bond donors (Lipinski definition) is 2. The Balaban J connectivity index is 3.01. The average molecular weight is 299 g/mol. The Morgan fingerprint density at radius 3 is 1.95 bits per heavy atom. The van der Waals surface area contributed by atoms with Crippen LogP contribution in [0.3, 0.4) is 0 Å². The third-order valence-electron chi connectivity index (χ3n) is 3.07. The fourth-order valence-corrected chi connectivity index (χ4v) is 3.08. The van der Waals surface area contributed by atoms with Gasteiger partial charge in [-0.1, -0.05) is 39.8 Å². The number of nitrogens with one attached hydrogen (secondary N) is 1. The van der Waals surface area contributed by atoms with Crippen LogP contribution in [0.25, 0.3) is 0 Å². The normalized spacial score (nSPS) is 13.7. The molecule has 0 heterocycles. The van der Waals surface area contributed by atoms with Crippen LogP contribution < -0.4 is 4.72 Å². The number of benzene rings is 1. The summed E-state index contributed by atoms with van der Waals surface area (Å²) in [5.41, 5.74) is 1.03. The number of aliphatic carboxylic acids is 1. The zero-order valence-electron chi connectivity index (χ0n) is 12.1. The molecule has 0 spiro atoms. The minimum Gasteiger partial charge on any atom is -0.480 e. The summed E-state index contributed by atoms with van der Waals surface area (Å²) >= 11 is 0. The second-order valence-electron chi connectivity index (χ2n) is 5.40. The monoisotopic (exact) mass is 299 g/mol. The van der Waals surface area contributed by atoms with Gasteiger partial charge in [-0.25, -0.2) is 8.42 Å². The lowest BCUT2D eigenvalue weighted by Gasteiger charge is -2.18. The summed E-state index contributed by atoms with van der Waals surface area (Å²) in [6, 6.07) is 5.34. The third kappa shape index (κ3) is 4.05. The quantitative estimate of drug-likeness (QED) is 0.843. The summed E-state index contributed by atoms with van der Waals surface area (Å²) in [5.74, 6) is -1.21. The Labute approximate surface area is 120 Å². The van der Waals surface area contributed by atoms with Gasteiger partial charge in [0, 0.05) is 0 Å². The molecule has 1 atom stereocenters. The van der Waals surface area contributed by atoms with Gasteiger partial charge in [-0.3, -0.25) is 4.79 Å². The summed E-state index contributed by atoms with van der Waals surface area (Å²) in [7, 11) is -3.82. The van der Waals surface area contributed by atoms with Gasteiger partial charge in [-0.05, 0) is 29.5 Å². The van der Waals surface area contributed by atoms with Crippen LogP contribution in [-0.4, -0.2) is 25.5 Å². The molecule has 0 bridgehead atoms. The van der Waals surface area contributed by atoms with E-state index in [1.54, 1.807) is 26.0 Å². The smallest absolute Gasteiger partial charge is 0.322 e. The molecule has 0 radical (unpaired) electrons. The molecule has 0 aliphatic heterocycles. The van der Waals surface area contributed by atoms with Crippen molar-refractivity contribution >= 4 is 16.0 Å². The summed E-state index contributed by atoms with van der Waals surface area (Å²) in [4.78, 5) is 11.1. The molecule has 0 saturated heterocycles. The molecule has 0 aromatic heterocycles. The lowest BCUT2D eigenvalue weighted by Crippen LogP contribution is -2.44. The summed E-state index contributed by atoms with van der Waals surface area (Å²) in [6.07, 6.45) is 0. The van der Waals surface area contributed by atoms with Crippen molar-refractivity contribution < 1.29 is 18.3 Å². The summed E-state index contributed by atoms with van der Waals surface area (Å²) < 4.78 is 26.5. The molecule has 0 amide bonds. The van der Waals surface area contributed by atoms with Crippen LogP contribution in [0.5, 0.6) is 0 Å². The molecule has 1 rings (SSSR count). The van der Waals surface area contributed by atoms with Gasteiger partial charge in [0.25, 0.3) is 0 Å². The van der Waals surface area contributed by atoms with Crippen molar-refractivity contribution in [2.75, 3.05) is 0 Å². The first kappa shape index (κ1) is 16.7. The van der Waals surface area contributed by atoms with E-state index in [4.69, 9.17) is 5.11 Å². The first-order valence-corrected chi connectivity index (χ1v) is 7.98. The van der Waals surface area contributed by atoms with Crippen molar-refractivity contribution in [3.63, 3.8) is 0 Å². The van der Waals surface area contributed by atoms with E-state index in [1.807, 2.05) is 13.8 Å². The predicted octanol–water partition coefficient (Wildman–Crippen LogP) is 2.20. The predicted molar refractivity (Wildman–Crippen MR) is 77.1 cm³/mol. The molecule has 0 aliphatic carbocycles. The van der Waals surface area contributed by atoms with Gasteiger partial charge in [0.1, 0.15) is 6.04 Å². The Bertz CT molecular complexity index is 561. The van der Waals surface area contributed by atoms with E-state index in [9.17, 15) is 13.2 Å². The summed E-state index contributed by atoms with van der Waals surface area (Å²) in [6.45, 7) is 7.34. The molecule has 1 aromatic carbocycles. The van der Waals surface area contributed by atoms with Crippen molar-refractivity contribution in [1.29, 1.82) is 0 Å². The zero-order chi connectivity index (χ0) is 15.5. The van der Waals surface area contributed by atoms with Crippen LogP contribution in [0.4, 0.5) is 0 Å². The van der Waals surface area contributed by atoms with Crippen molar-refractivity contribution in [3.05, 3.63) is 29.8 Å². The first-order chi connectivity index (χ1) is 9.15. The minimum absolute atomic E-state index is 0.0776. The first-order valence-electron chi connectivity index (χ1n) is 6.50. The zero-order valence-corrected chi connectivity index (χ0v) is 12.9. The van der Waals surface area contributed by atoms with Gasteiger partial charge in [0.15, 0.2) is 0 Å². The SMILES string of the molecule is CC(C)c1ccc(S(=O)(=O)NC(C(=O)O)C(C)C)cc1. The molecule has 20 heavy (non-hydrogen) atoms. The second kappa shape index (κ2) is 6.37. The standard InChI is InChI=1S/C14H21NO4S/c1-9(2)11-5-7-12(8-6-11)20(18,19)15-13(10(3)4)14(16)17/h5-10,13,15H,1-4H3,(H,16,17). The van der Waals surface area contributed by atoms with E-state index in [0.717, 1.165) is 5.56 Å². The number of carbonyl (C=O) groups is 1. The lowest BCUT2D eigenvalue weighted by molar-refractivity contribution is -0.140. The highest BCUT2D eigenvalue weighted by atomic mass is 32.2. The van der Waals surface area contributed by atoms with Gasteiger partial charge >= 0.3 is 5.97 Å². The van der Waals surface area contributed by atoms with Crippen molar-refractivity contribution in [3.8, 4) is 0 Å².